The summed E-state index contributed by atoms with van der Waals surface area (Å²) in [6, 6.07) is 10.6. The summed E-state index contributed by atoms with van der Waals surface area (Å²) < 4.78 is 1.12. The molecule has 4 bridgehead atoms. The van der Waals surface area contributed by atoms with E-state index in [1.807, 2.05) is 4.90 Å². The molecule has 1 amide bonds. The molecule has 27 heavy (non-hydrogen) atoms. The lowest BCUT2D eigenvalue weighted by atomic mass is 9.91. The molecule has 4 aliphatic heterocycles. The van der Waals surface area contributed by atoms with Crippen molar-refractivity contribution in [3.63, 3.8) is 0 Å². The van der Waals surface area contributed by atoms with Gasteiger partial charge in [0.15, 0.2) is 0 Å². The molecule has 1 saturated carbocycles. The SMILES string of the molecule is CCN(CC)C(=O)[C@@]1(c2ccccc2)C[C@H]1C[N+]12CN3CN(CN(C3)C1)C2. The number of carbonyl (C=O) groups is 1. The van der Waals surface area contributed by atoms with E-state index >= 15 is 0 Å². The molecule has 146 valence electrons. The largest absolute Gasteiger partial charge is 0.342 e. The smallest absolute Gasteiger partial charge is 0.233 e. The van der Waals surface area contributed by atoms with Crippen molar-refractivity contribution in [1.29, 1.82) is 0 Å². The lowest BCUT2D eigenvalue weighted by molar-refractivity contribution is -0.981. The third-order valence-corrected chi connectivity index (χ3v) is 7.13. The fourth-order valence-corrected chi connectivity index (χ4v) is 6.12. The molecule has 6 nitrogen and oxygen atoms in total. The number of hydrogen-bond donors (Lipinski definition) is 0. The lowest BCUT2D eigenvalue weighted by Crippen LogP contribution is -2.79. The van der Waals surface area contributed by atoms with Gasteiger partial charge >= 0.3 is 0 Å². The molecule has 4 saturated heterocycles. The first kappa shape index (κ1) is 17.6. The van der Waals surface area contributed by atoms with Crippen molar-refractivity contribution in [1.82, 2.24) is 19.6 Å². The Labute approximate surface area is 162 Å². The van der Waals surface area contributed by atoms with E-state index in [-0.39, 0.29) is 5.41 Å². The maximum absolute atomic E-state index is 13.6. The molecule has 1 aromatic carbocycles. The summed E-state index contributed by atoms with van der Waals surface area (Å²) in [7, 11) is 0. The molecule has 1 aliphatic carbocycles. The minimum absolute atomic E-state index is 0.297. The highest BCUT2D eigenvalue weighted by Crippen LogP contribution is 2.57. The van der Waals surface area contributed by atoms with Crippen LogP contribution in [0.1, 0.15) is 25.8 Å². The summed E-state index contributed by atoms with van der Waals surface area (Å²) in [5.41, 5.74) is 0.927. The molecule has 0 unspecified atom stereocenters. The Balaban J connectivity index is 1.42. The van der Waals surface area contributed by atoms with Crippen LogP contribution in [0.3, 0.4) is 0 Å². The number of benzene rings is 1. The molecular formula is C21H32N5O+. The standard InChI is InChI=1S/C21H32N5O/c1-3-25(4-2)20(27)21(18-8-6-5-7-9-18)10-19(21)11-26-15-22-12-23(16-26)14-24(13-22)17-26/h5-9,19H,3-4,10-17H2,1-2H3/q+1/t19-,21+/m0/s1. The fraction of sp³-hybridized carbons (Fsp3) is 0.667. The number of likely N-dealkylation sites (N-methyl/N-ethyl adjacent to an activating group) is 1. The van der Waals surface area contributed by atoms with Crippen LogP contribution in [-0.4, -0.2) is 89.6 Å². The molecule has 0 aromatic heterocycles. The Hall–Kier alpha value is -1.47. The zero-order valence-electron chi connectivity index (χ0n) is 16.7. The summed E-state index contributed by atoms with van der Waals surface area (Å²) in [5.74, 6) is 0.798. The summed E-state index contributed by atoms with van der Waals surface area (Å²) in [6.45, 7) is 13.7. The maximum Gasteiger partial charge on any atom is 0.233 e. The minimum Gasteiger partial charge on any atom is -0.342 e. The van der Waals surface area contributed by atoms with Gasteiger partial charge in [-0.05, 0) is 25.8 Å². The molecule has 1 aromatic rings. The van der Waals surface area contributed by atoms with Crippen LogP contribution in [0.15, 0.2) is 30.3 Å². The Morgan fingerprint density at radius 3 is 2.11 bits per heavy atom. The second kappa shape index (κ2) is 6.27. The van der Waals surface area contributed by atoms with Gasteiger partial charge in [0.25, 0.3) is 0 Å². The average Bonchev–Trinajstić information content (AvgIpc) is 3.36. The third kappa shape index (κ3) is 2.73. The van der Waals surface area contributed by atoms with Gasteiger partial charge in [-0.1, -0.05) is 30.3 Å². The van der Waals surface area contributed by atoms with E-state index in [0.29, 0.717) is 11.8 Å². The van der Waals surface area contributed by atoms with Gasteiger partial charge in [0.05, 0.1) is 32.0 Å². The van der Waals surface area contributed by atoms with E-state index in [9.17, 15) is 4.79 Å². The first-order chi connectivity index (χ1) is 13.1. The van der Waals surface area contributed by atoms with Gasteiger partial charge in [-0.3, -0.25) is 9.28 Å². The van der Waals surface area contributed by atoms with E-state index in [1.165, 1.54) is 5.56 Å². The number of hydrogen-bond acceptors (Lipinski definition) is 4. The monoisotopic (exact) mass is 370 g/mol. The maximum atomic E-state index is 13.6. The summed E-state index contributed by atoms with van der Waals surface area (Å²) in [4.78, 5) is 23.3. The molecule has 0 radical (unpaired) electrons. The zero-order valence-corrected chi connectivity index (χ0v) is 16.7. The van der Waals surface area contributed by atoms with Crippen molar-refractivity contribution < 1.29 is 9.28 Å². The second-order valence-corrected chi connectivity index (χ2v) is 9.10. The average molecular weight is 371 g/mol. The van der Waals surface area contributed by atoms with Gasteiger partial charge in [0, 0.05) is 19.0 Å². The molecular weight excluding hydrogens is 338 g/mol. The Kier molecular flexibility index (Phi) is 4.09. The quantitative estimate of drug-likeness (QED) is 0.707. The first-order valence-electron chi connectivity index (χ1n) is 10.5. The van der Waals surface area contributed by atoms with Gasteiger partial charge in [-0.2, -0.15) is 0 Å². The summed E-state index contributed by atoms with van der Waals surface area (Å²) in [6.07, 6.45) is 1.01. The highest BCUT2D eigenvalue weighted by atomic mass is 16.2. The van der Waals surface area contributed by atoms with Crippen molar-refractivity contribution in [2.75, 3.05) is 59.6 Å². The van der Waals surface area contributed by atoms with Crippen molar-refractivity contribution in [2.45, 2.75) is 25.7 Å². The highest BCUT2D eigenvalue weighted by molar-refractivity contribution is 5.92. The van der Waals surface area contributed by atoms with Gasteiger partial charge in [0.1, 0.15) is 20.0 Å². The number of rotatable bonds is 6. The fourth-order valence-electron chi connectivity index (χ4n) is 6.12. The number of carbonyl (C=O) groups excluding carboxylic acids is 1. The van der Waals surface area contributed by atoms with Crippen molar-refractivity contribution in [3.8, 4) is 0 Å². The van der Waals surface area contributed by atoms with E-state index in [1.54, 1.807) is 0 Å². The van der Waals surface area contributed by atoms with E-state index in [4.69, 9.17) is 0 Å². The Bertz CT molecular complexity index is 683. The van der Waals surface area contributed by atoms with Crippen LogP contribution in [-0.2, 0) is 10.2 Å². The van der Waals surface area contributed by atoms with Gasteiger partial charge in [0.2, 0.25) is 5.91 Å². The number of nitrogens with zero attached hydrogens (tertiary/aromatic N) is 5. The van der Waals surface area contributed by atoms with Crippen LogP contribution in [0, 0.1) is 5.92 Å². The van der Waals surface area contributed by atoms with E-state index in [0.717, 1.165) is 70.6 Å². The molecule has 0 N–H and O–H groups in total. The van der Waals surface area contributed by atoms with Crippen molar-refractivity contribution in [3.05, 3.63) is 35.9 Å². The van der Waals surface area contributed by atoms with Gasteiger partial charge < -0.3 is 4.90 Å². The number of quaternary nitrogens is 1. The molecule has 5 aliphatic rings. The van der Waals surface area contributed by atoms with Crippen molar-refractivity contribution >= 4 is 5.91 Å². The molecule has 6 heteroatoms. The topological polar surface area (TPSA) is 30.0 Å². The molecule has 2 atom stereocenters. The van der Waals surface area contributed by atoms with Crippen LogP contribution in [0.5, 0.6) is 0 Å². The second-order valence-electron chi connectivity index (χ2n) is 9.10. The summed E-state index contributed by atoms with van der Waals surface area (Å²) >= 11 is 0. The Morgan fingerprint density at radius 1 is 1.04 bits per heavy atom. The van der Waals surface area contributed by atoms with Gasteiger partial charge in [-0.25, -0.2) is 14.7 Å². The van der Waals surface area contributed by atoms with Crippen LogP contribution >= 0.6 is 0 Å². The van der Waals surface area contributed by atoms with Gasteiger partial charge in [-0.15, -0.1) is 0 Å². The van der Waals surface area contributed by atoms with Crippen LogP contribution in [0.25, 0.3) is 0 Å². The molecule has 0 spiro atoms. The molecule has 4 heterocycles. The summed E-state index contributed by atoms with van der Waals surface area (Å²) in [5, 5.41) is 0. The van der Waals surface area contributed by atoms with Crippen molar-refractivity contribution in [2.24, 2.45) is 5.92 Å². The van der Waals surface area contributed by atoms with Crippen LogP contribution in [0.4, 0.5) is 0 Å². The minimum atomic E-state index is -0.297. The molecule has 6 rings (SSSR count). The van der Waals surface area contributed by atoms with Crippen LogP contribution in [0.2, 0.25) is 0 Å². The Morgan fingerprint density at radius 2 is 1.59 bits per heavy atom. The first-order valence-corrected chi connectivity index (χ1v) is 10.5. The van der Waals surface area contributed by atoms with E-state index < -0.39 is 0 Å². The molecule has 5 fully saturated rings. The lowest BCUT2D eigenvalue weighted by Gasteiger charge is -2.61. The third-order valence-electron chi connectivity index (χ3n) is 7.13. The van der Waals surface area contributed by atoms with Crippen LogP contribution < -0.4 is 0 Å². The zero-order chi connectivity index (χ0) is 18.6. The predicted molar refractivity (Wildman–Crippen MR) is 104 cm³/mol. The normalized spacial score (nSPS) is 41.6. The predicted octanol–water partition coefficient (Wildman–Crippen LogP) is 1.32. The highest BCUT2D eigenvalue weighted by Gasteiger charge is 2.65. The van der Waals surface area contributed by atoms with E-state index in [2.05, 4.69) is 58.9 Å². The number of amides is 1.